The minimum atomic E-state index is -0.543. The van der Waals surface area contributed by atoms with Gasteiger partial charge in [0.05, 0.1) is 25.9 Å². The van der Waals surface area contributed by atoms with Crippen LogP contribution in [0.1, 0.15) is 24.1 Å². The molecule has 5 heteroatoms. The predicted molar refractivity (Wildman–Crippen MR) is 77.5 cm³/mol. The van der Waals surface area contributed by atoms with E-state index in [0.29, 0.717) is 19.8 Å². The van der Waals surface area contributed by atoms with Gasteiger partial charge in [-0.15, -0.1) is 0 Å². The summed E-state index contributed by atoms with van der Waals surface area (Å²) in [6.07, 6.45) is -0.543. The maximum atomic E-state index is 12.1. The molecular weight excluding hydrogens is 270 g/mol. The fourth-order valence-corrected chi connectivity index (χ4v) is 2.06. The molecule has 2 unspecified atom stereocenters. The Hall–Kier alpha value is -1.87. The molecule has 1 aliphatic rings. The first kappa shape index (κ1) is 15.5. The quantitative estimate of drug-likeness (QED) is 0.801. The average Bonchev–Trinajstić information content (AvgIpc) is 2.54. The molecule has 0 saturated carbocycles. The van der Waals surface area contributed by atoms with E-state index in [1.165, 1.54) is 0 Å². The van der Waals surface area contributed by atoms with Crippen LogP contribution in [0.4, 0.5) is 0 Å². The molecule has 0 bridgehead atoms. The normalized spacial score (nSPS) is 19.2. The van der Waals surface area contributed by atoms with Crippen molar-refractivity contribution in [2.24, 2.45) is 0 Å². The molecule has 1 fully saturated rings. The van der Waals surface area contributed by atoms with Gasteiger partial charge in [-0.25, -0.2) is 0 Å². The van der Waals surface area contributed by atoms with Crippen molar-refractivity contribution in [3.63, 3.8) is 0 Å². The van der Waals surface area contributed by atoms with Crippen molar-refractivity contribution in [3.8, 4) is 11.8 Å². The van der Waals surface area contributed by atoms with Crippen molar-refractivity contribution in [3.05, 3.63) is 35.4 Å². The van der Waals surface area contributed by atoms with Crippen LogP contribution in [0, 0.1) is 11.8 Å². The van der Waals surface area contributed by atoms with E-state index in [1.54, 1.807) is 0 Å². The SMILES string of the molecule is CC(NC(=O)C1COCCO1)c1cccc(C#CCO)c1. The van der Waals surface area contributed by atoms with Gasteiger partial charge in [0, 0.05) is 5.56 Å². The number of ether oxygens (including phenoxy) is 2. The summed E-state index contributed by atoms with van der Waals surface area (Å²) in [5.74, 6) is 5.28. The lowest BCUT2D eigenvalue weighted by atomic mass is 10.0. The molecule has 1 aromatic carbocycles. The second-order valence-electron chi connectivity index (χ2n) is 4.75. The molecule has 1 heterocycles. The maximum Gasteiger partial charge on any atom is 0.252 e. The van der Waals surface area contributed by atoms with Gasteiger partial charge in [0.2, 0.25) is 0 Å². The fourth-order valence-electron chi connectivity index (χ4n) is 2.06. The molecule has 1 aromatic rings. The number of hydrogen-bond donors (Lipinski definition) is 2. The summed E-state index contributed by atoms with van der Waals surface area (Å²) >= 11 is 0. The number of rotatable bonds is 3. The highest BCUT2D eigenvalue weighted by Gasteiger charge is 2.24. The molecule has 5 nitrogen and oxygen atoms in total. The number of hydrogen-bond acceptors (Lipinski definition) is 4. The Bertz CT molecular complexity index is 541. The second kappa shape index (κ2) is 7.79. The monoisotopic (exact) mass is 289 g/mol. The van der Waals surface area contributed by atoms with Crippen LogP contribution in [0.2, 0.25) is 0 Å². The van der Waals surface area contributed by atoms with E-state index in [9.17, 15) is 4.79 Å². The number of aliphatic hydroxyl groups is 1. The topological polar surface area (TPSA) is 67.8 Å². The van der Waals surface area contributed by atoms with E-state index in [4.69, 9.17) is 14.6 Å². The van der Waals surface area contributed by atoms with E-state index < -0.39 is 6.10 Å². The Morgan fingerprint density at radius 3 is 3.10 bits per heavy atom. The Morgan fingerprint density at radius 2 is 2.38 bits per heavy atom. The highest BCUT2D eigenvalue weighted by atomic mass is 16.6. The summed E-state index contributed by atoms with van der Waals surface area (Å²) in [5.41, 5.74) is 1.75. The minimum Gasteiger partial charge on any atom is -0.384 e. The van der Waals surface area contributed by atoms with Crippen LogP contribution in [0.3, 0.4) is 0 Å². The van der Waals surface area contributed by atoms with Crippen LogP contribution in [-0.2, 0) is 14.3 Å². The van der Waals surface area contributed by atoms with E-state index in [-0.39, 0.29) is 18.6 Å². The van der Waals surface area contributed by atoms with Gasteiger partial charge >= 0.3 is 0 Å². The van der Waals surface area contributed by atoms with Crippen LogP contribution in [0.5, 0.6) is 0 Å². The highest BCUT2D eigenvalue weighted by Crippen LogP contribution is 2.14. The maximum absolute atomic E-state index is 12.1. The highest BCUT2D eigenvalue weighted by molar-refractivity contribution is 5.81. The molecule has 2 atom stereocenters. The van der Waals surface area contributed by atoms with Gasteiger partial charge in [-0.05, 0) is 24.6 Å². The number of nitrogens with one attached hydrogen (secondary N) is 1. The van der Waals surface area contributed by atoms with Gasteiger partial charge in [0.1, 0.15) is 6.61 Å². The van der Waals surface area contributed by atoms with Crippen molar-refractivity contribution in [1.82, 2.24) is 5.32 Å². The molecule has 0 spiro atoms. The van der Waals surface area contributed by atoms with E-state index >= 15 is 0 Å². The third kappa shape index (κ3) is 4.57. The van der Waals surface area contributed by atoms with Gasteiger partial charge in [-0.2, -0.15) is 0 Å². The second-order valence-corrected chi connectivity index (χ2v) is 4.75. The molecule has 2 rings (SSSR count). The third-order valence-corrected chi connectivity index (χ3v) is 3.17. The largest absolute Gasteiger partial charge is 0.384 e. The number of benzene rings is 1. The summed E-state index contributed by atoms with van der Waals surface area (Å²) in [6.45, 7) is 3.00. The van der Waals surface area contributed by atoms with Gasteiger partial charge in [-0.3, -0.25) is 4.79 Å². The summed E-state index contributed by atoms with van der Waals surface area (Å²) in [7, 11) is 0. The molecule has 112 valence electrons. The van der Waals surface area contributed by atoms with Crippen molar-refractivity contribution < 1.29 is 19.4 Å². The van der Waals surface area contributed by atoms with Crippen LogP contribution >= 0.6 is 0 Å². The van der Waals surface area contributed by atoms with Crippen LogP contribution in [0.25, 0.3) is 0 Å². The van der Waals surface area contributed by atoms with Gasteiger partial charge in [0.15, 0.2) is 6.10 Å². The molecule has 1 amide bonds. The number of amides is 1. The molecule has 1 aliphatic heterocycles. The average molecular weight is 289 g/mol. The molecular formula is C16H19NO4. The lowest BCUT2D eigenvalue weighted by Gasteiger charge is -2.24. The Kier molecular flexibility index (Phi) is 5.76. The van der Waals surface area contributed by atoms with E-state index in [0.717, 1.165) is 11.1 Å². The number of carbonyl (C=O) groups is 1. The van der Waals surface area contributed by atoms with Gasteiger partial charge < -0.3 is 19.9 Å². The van der Waals surface area contributed by atoms with Crippen molar-refractivity contribution in [2.75, 3.05) is 26.4 Å². The Balaban J connectivity index is 1.99. The molecule has 2 N–H and O–H groups in total. The third-order valence-electron chi connectivity index (χ3n) is 3.17. The molecule has 0 aromatic heterocycles. The summed E-state index contributed by atoms with van der Waals surface area (Å²) in [4.78, 5) is 12.1. The van der Waals surface area contributed by atoms with E-state index in [2.05, 4.69) is 17.2 Å². The number of aliphatic hydroxyl groups excluding tert-OH is 1. The lowest BCUT2D eigenvalue weighted by molar-refractivity contribution is -0.148. The first-order chi connectivity index (χ1) is 10.2. The molecule has 21 heavy (non-hydrogen) atoms. The van der Waals surface area contributed by atoms with Crippen LogP contribution in [-0.4, -0.2) is 43.5 Å². The van der Waals surface area contributed by atoms with Gasteiger partial charge in [-0.1, -0.05) is 24.0 Å². The van der Waals surface area contributed by atoms with Crippen molar-refractivity contribution in [2.45, 2.75) is 19.1 Å². The first-order valence-corrected chi connectivity index (χ1v) is 6.90. The zero-order valence-corrected chi connectivity index (χ0v) is 12.0. The molecule has 0 radical (unpaired) electrons. The van der Waals surface area contributed by atoms with Crippen molar-refractivity contribution >= 4 is 5.91 Å². The van der Waals surface area contributed by atoms with Gasteiger partial charge in [0.25, 0.3) is 5.91 Å². The summed E-state index contributed by atoms with van der Waals surface area (Å²) in [6, 6.07) is 7.40. The number of carbonyl (C=O) groups excluding carboxylic acids is 1. The Morgan fingerprint density at radius 1 is 1.52 bits per heavy atom. The zero-order valence-electron chi connectivity index (χ0n) is 12.0. The molecule has 1 saturated heterocycles. The minimum absolute atomic E-state index is 0.154. The standard InChI is InChI=1S/C16H19NO4/c1-12(17-16(19)15-11-20-8-9-21-15)14-6-2-4-13(10-14)5-3-7-18/h2,4,6,10,12,15,18H,7-9,11H2,1H3,(H,17,19). The van der Waals surface area contributed by atoms with Crippen LogP contribution in [0.15, 0.2) is 24.3 Å². The summed E-state index contributed by atoms with van der Waals surface area (Å²) in [5, 5.41) is 11.6. The Labute approximate surface area is 124 Å². The lowest BCUT2D eigenvalue weighted by Crippen LogP contribution is -2.43. The van der Waals surface area contributed by atoms with Crippen molar-refractivity contribution in [1.29, 1.82) is 0 Å². The summed E-state index contributed by atoms with van der Waals surface area (Å²) < 4.78 is 10.6. The fraction of sp³-hybridized carbons (Fsp3) is 0.438. The molecule has 0 aliphatic carbocycles. The van der Waals surface area contributed by atoms with E-state index in [1.807, 2.05) is 31.2 Å². The predicted octanol–water partition coefficient (Wildman–Crippen LogP) is 0.623. The smallest absolute Gasteiger partial charge is 0.252 e. The first-order valence-electron chi connectivity index (χ1n) is 6.90. The zero-order chi connectivity index (χ0) is 15.1. The van der Waals surface area contributed by atoms with Crippen LogP contribution < -0.4 is 5.32 Å².